The van der Waals surface area contributed by atoms with Crippen LogP contribution in [0.2, 0.25) is 0 Å². The van der Waals surface area contributed by atoms with E-state index in [2.05, 4.69) is 5.32 Å². The Morgan fingerprint density at radius 2 is 1.90 bits per heavy atom. The van der Waals surface area contributed by atoms with Crippen molar-refractivity contribution in [3.8, 4) is 11.5 Å². The highest BCUT2D eigenvalue weighted by Crippen LogP contribution is 2.17. The van der Waals surface area contributed by atoms with Gasteiger partial charge in [0.1, 0.15) is 11.5 Å². The summed E-state index contributed by atoms with van der Waals surface area (Å²) in [6.45, 7) is 0.291. The molecule has 0 heterocycles. The maximum Gasteiger partial charge on any atom is 0.227 e. The van der Waals surface area contributed by atoms with Gasteiger partial charge in [-0.1, -0.05) is 12.1 Å². The Morgan fingerprint density at radius 1 is 1.14 bits per heavy atom. The van der Waals surface area contributed by atoms with Crippen LogP contribution in [0.25, 0.3) is 0 Å². The third-order valence-electron chi connectivity index (χ3n) is 2.81. The van der Waals surface area contributed by atoms with Crippen molar-refractivity contribution in [3.63, 3.8) is 0 Å². The van der Waals surface area contributed by atoms with E-state index in [9.17, 15) is 4.79 Å². The van der Waals surface area contributed by atoms with Gasteiger partial charge in [-0.3, -0.25) is 4.79 Å². The first-order valence-corrected chi connectivity index (χ1v) is 6.59. The Morgan fingerprint density at radius 3 is 2.67 bits per heavy atom. The number of hydrogen-bond donors (Lipinski definition) is 2. The topological polar surface area (TPSA) is 73.6 Å². The number of ether oxygens (including phenoxy) is 2. The molecule has 0 unspecified atom stereocenters. The molecule has 0 aliphatic carbocycles. The number of amides is 1. The van der Waals surface area contributed by atoms with Gasteiger partial charge in [0.25, 0.3) is 0 Å². The minimum Gasteiger partial charge on any atom is -0.497 e. The number of methoxy groups -OCH3 is 1. The lowest BCUT2D eigenvalue weighted by Gasteiger charge is -2.08. The molecule has 0 bridgehead atoms. The first kappa shape index (κ1) is 14.7. The van der Waals surface area contributed by atoms with Gasteiger partial charge in [0.05, 0.1) is 20.1 Å². The lowest BCUT2D eigenvalue weighted by atomic mass is 10.3. The number of nitrogen functional groups attached to an aromatic ring is 1. The molecule has 2 rings (SSSR count). The number of carbonyl (C=O) groups excluding carboxylic acids is 1. The molecule has 0 aromatic heterocycles. The zero-order valence-electron chi connectivity index (χ0n) is 11.8. The van der Waals surface area contributed by atoms with Gasteiger partial charge in [0.2, 0.25) is 5.91 Å². The summed E-state index contributed by atoms with van der Waals surface area (Å²) in [5.74, 6) is 1.24. The first-order chi connectivity index (χ1) is 10.2. The Labute approximate surface area is 123 Å². The molecular weight excluding hydrogens is 268 g/mol. The molecule has 0 saturated heterocycles. The molecule has 110 valence electrons. The molecule has 5 heteroatoms. The Balaban J connectivity index is 1.79. The summed E-state index contributed by atoms with van der Waals surface area (Å²) in [7, 11) is 1.58. The molecule has 3 N–H and O–H groups in total. The van der Waals surface area contributed by atoms with Crippen molar-refractivity contribution < 1.29 is 14.3 Å². The molecule has 1 amide bonds. The number of rotatable bonds is 6. The summed E-state index contributed by atoms with van der Waals surface area (Å²) < 4.78 is 10.6. The zero-order valence-corrected chi connectivity index (χ0v) is 11.8. The average molecular weight is 286 g/mol. The standard InChI is InChI=1S/C16H18N2O3/c1-20-14-6-3-5-13(11-14)18-16(19)8-9-21-15-7-2-4-12(17)10-15/h2-7,10-11H,8-9,17H2,1H3,(H,18,19). The lowest BCUT2D eigenvalue weighted by Crippen LogP contribution is -2.15. The van der Waals surface area contributed by atoms with Crippen LogP contribution in [0.3, 0.4) is 0 Å². The van der Waals surface area contributed by atoms with Crippen LogP contribution in [-0.4, -0.2) is 19.6 Å². The number of carbonyl (C=O) groups is 1. The molecular formula is C16H18N2O3. The van der Waals surface area contributed by atoms with Crippen LogP contribution in [0.4, 0.5) is 11.4 Å². The smallest absolute Gasteiger partial charge is 0.227 e. The molecule has 0 aliphatic rings. The second kappa shape index (κ2) is 7.19. The van der Waals surface area contributed by atoms with Gasteiger partial charge >= 0.3 is 0 Å². The molecule has 0 atom stereocenters. The van der Waals surface area contributed by atoms with Crippen molar-refractivity contribution in [2.24, 2.45) is 0 Å². The number of nitrogens with two attached hydrogens (primary N) is 1. The summed E-state index contributed by atoms with van der Waals surface area (Å²) in [5, 5.41) is 2.79. The third kappa shape index (κ3) is 4.72. The summed E-state index contributed by atoms with van der Waals surface area (Å²) in [6, 6.07) is 14.3. The van der Waals surface area contributed by atoms with E-state index in [0.29, 0.717) is 29.5 Å². The monoisotopic (exact) mass is 286 g/mol. The van der Waals surface area contributed by atoms with Gasteiger partial charge in [-0.25, -0.2) is 0 Å². The second-order valence-corrected chi connectivity index (χ2v) is 4.45. The normalized spacial score (nSPS) is 9.95. The summed E-state index contributed by atoms with van der Waals surface area (Å²) in [6.07, 6.45) is 0.256. The van der Waals surface area contributed by atoms with Crippen molar-refractivity contribution in [2.45, 2.75) is 6.42 Å². The highest BCUT2D eigenvalue weighted by atomic mass is 16.5. The van der Waals surface area contributed by atoms with Gasteiger partial charge in [-0.05, 0) is 24.3 Å². The fourth-order valence-corrected chi connectivity index (χ4v) is 1.79. The summed E-state index contributed by atoms with van der Waals surface area (Å²) in [4.78, 5) is 11.8. The third-order valence-corrected chi connectivity index (χ3v) is 2.81. The maximum atomic E-state index is 11.8. The largest absolute Gasteiger partial charge is 0.497 e. The molecule has 21 heavy (non-hydrogen) atoms. The Kier molecular flexibility index (Phi) is 5.04. The first-order valence-electron chi connectivity index (χ1n) is 6.59. The maximum absolute atomic E-state index is 11.8. The average Bonchev–Trinajstić information content (AvgIpc) is 2.47. The van der Waals surface area contributed by atoms with E-state index in [1.54, 1.807) is 43.5 Å². The van der Waals surface area contributed by atoms with E-state index in [0.717, 1.165) is 0 Å². The zero-order chi connectivity index (χ0) is 15.1. The van der Waals surface area contributed by atoms with E-state index in [-0.39, 0.29) is 12.3 Å². The van der Waals surface area contributed by atoms with Crippen molar-refractivity contribution in [3.05, 3.63) is 48.5 Å². The fourth-order valence-electron chi connectivity index (χ4n) is 1.79. The van der Waals surface area contributed by atoms with E-state index < -0.39 is 0 Å². The van der Waals surface area contributed by atoms with E-state index in [1.165, 1.54) is 0 Å². The van der Waals surface area contributed by atoms with Gasteiger partial charge in [-0.2, -0.15) is 0 Å². The number of hydrogen-bond acceptors (Lipinski definition) is 4. The number of nitrogens with one attached hydrogen (secondary N) is 1. The van der Waals surface area contributed by atoms with Crippen LogP contribution in [0.5, 0.6) is 11.5 Å². The van der Waals surface area contributed by atoms with Crippen LogP contribution >= 0.6 is 0 Å². The van der Waals surface area contributed by atoms with Crippen molar-refractivity contribution >= 4 is 17.3 Å². The quantitative estimate of drug-likeness (QED) is 0.801. The molecule has 0 radical (unpaired) electrons. The molecule has 5 nitrogen and oxygen atoms in total. The minimum absolute atomic E-state index is 0.118. The van der Waals surface area contributed by atoms with Gasteiger partial charge in [0, 0.05) is 23.5 Å². The van der Waals surface area contributed by atoms with Crippen LogP contribution in [-0.2, 0) is 4.79 Å². The SMILES string of the molecule is COc1cccc(NC(=O)CCOc2cccc(N)c2)c1. The molecule has 2 aromatic carbocycles. The fraction of sp³-hybridized carbons (Fsp3) is 0.188. The van der Waals surface area contributed by atoms with Gasteiger partial charge in [0.15, 0.2) is 0 Å². The highest BCUT2D eigenvalue weighted by Gasteiger charge is 2.04. The number of anilines is 2. The van der Waals surface area contributed by atoms with Crippen LogP contribution < -0.4 is 20.5 Å². The summed E-state index contributed by atoms with van der Waals surface area (Å²) >= 11 is 0. The van der Waals surface area contributed by atoms with Gasteiger partial charge in [-0.15, -0.1) is 0 Å². The van der Waals surface area contributed by atoms with Gasteiger partial charge < -0.3 is 20.5 Å². The lowest BCUT2D eigenvalue weighted by molar-refractivity contribution is -0.116. The Hall–Kier alpha value is -2.69. The molecule has 0 spiro atoms. The molecule has 0 saturated carbocycles. The van der Waals surface area contributed by atoms with Crippen LogP contribution in [0.1, 0.15) is 6.42 Å². The molecule has 2 aromatic rings. The van der Waals surface area contributed by atoms with Crippen molar-refractivity contribution in [1.29, 1.82) is 0 Å². The molecule has 0 aliphatic heterocycles. The van der Waals surface area contributed by atoms with Crippen molar-refractivity contribution in [2.75, 3.05) is 24.8 Å². The summed E-state index contributed by atoms with van der Waals surface area (Å²) in [5.41, 5.74) is 6.98. The predicted octanol–water partition coefficient (Wildman–Crippen LogP) is 2.68. The minimum atomic E-state index is -0.118. The second-order valence-electron chi connectivity index (χ2n) is 4.45. The van der Waals surface area contributed by atoms with E-state index >= 15 is 0 Å². The van der Waals surface area contributed by atoms with E-state index in [4.69, 9.17) is 15.2 Å². The predicted molar refractivity (Wildman–Crippen MR) is 82.6 cm³/mol. The van der Waals surface area contributed by atoms with Crippen molar-refractivity contribution in [1.82, 2.24) is 0 Å². The van der Waals surface area contributed by atoms with E-state index in [1.807, 2.05) is 12.1 Å². The van der Waals surface area contributed by atoms with Crippen LogP contribution in [0, 0.1) is 0 Å². The molecule has 0 fully saturated rings. The number of benzene rings is 2. The highest BCUT2D eigenvalue weighted by molar-refractivity contribution is 5.90. The van der Waals surface area contributed by atoms with Crippen LogP contribution in [0.15, 0.2) is 48.5 Å². The Bertz CT molecular complexity index is 614.